The van der Waals surface area contributed by atoms with Gasteiger partial charge in [0.15, 0.2) is 6.10 Å². The molecule has 7 nitrogen and oxygen atoms in total. The smallest absolute Gasteiger partial charge is 0.251 e. The van der Waals surface area contributed by atoms with Crippen LogP contribution in [0, 0.1) is 0 Å². The van der Waals surface area contributed by atoms with E-state index in [1.165, 1.54) is 0 Å². The zero-order valence-corrected chi connectivity index (χ0v) is 16.9. The summed E-state index contributed by atoms with van der Waals surface area (Å²) in [5.74, 6) is 0.367. The third-order valence-electron chi connectivity index (χ3n) is 5.56. The first-order valence-electron chi connectivity index (χ1n) is 10.1. The minimum Gasteiger partial charge on any atom is -0.497 e. The normalized spacial score (nSPS) is 21.4. The van der Waals surface area contributed by atoms with Crippen LogP contribution in [-0.4, -0.2) is 47.7 Å². The molecule has 4 rings (SSSR count). The molecule has 2 N–H and O–H groups in total. The Bertz CT molecular complexity index is 910. The Morgan fingerprint density at radius 3 is 2.60 bits per heavy atom. The molecule has 2 atom stereocenters. The maximum absolute atomic E-state index is 13.1. The molecule has 0 unspecified atom stereocenters. The highest BCUT2D eigenvalue weighted by Crippen LogP contribution is 2.39. The summed E-state index contributed by atoms with van der Waals surface area (Å²) in [7, 11) is 1.60. The van der Waals surface area contributed by atoms with E-state index in [4.69, 9.17) is 9.47 Å². The molecule has 158 valence electrons. The molecule has 0 spiro atoms. The average molecular weight is 410 g/mol. The first-order valence-corrected chi connectivity index (χ1v) is 10.1. The lowest BCUT2D eigenvalue weighted by Crippen LogP contribution is -2.55. The van der Waals surface area contributed by atoms with Crippen molar-refractivity contribution in [2.45, 2.75) is 44.2 Å². The maximum Gasteiger partial charge on any atom is 0.251 e. The van der Waals surface area contributed by atoms with Crippen molar-refractivity contribution in [2.75, 3.05) is 13.7 Å². The van der Waals surface area contributed by atoms with Crippen molar-refractivity contribution in [1.29, 1.82) is 0 Å². The first kappa shape index (κ1) is 20.4. The van der Waals surface area contributed by atoms with Crippen LogP contribution in [-0.2, 0) is 27.5 Å². The van der Waals surface area contributed by atoms with Gasteiger partial charge in [0.25, 0.3) is 5.91 Å². The van der Waals surface area contributed by atoms with Gasteiger partial charge < -0.3 is 24.8 Å². The zero-order chi connectivity index (χ0) is 21.1. The van der Waals surface area contributed by atoms with Crippen molar-refractivity contribution < 1.29 is 24.2 Å². The van der Waals surface area contributed by atoms with Crippen LogP contribution in [0.15, 0.2) is 48.5 Å². The summed E-state index contributed by atoms with van der Waals surface area (Å²) in [6, 6.07) is 14.5. The highest BCUT2D eigenvalue weighted by molar-refractivity contribution is 5.86. The van der Waals surface area contributed by atoms with Crippen LogP contribution in [0.1, 0.15) is 35.6 Å². The number of nitrogens with one attached hydrogen (secondary N) is 1. The summed E-state index contributed by atoms with van der Waals surface area (Å²) >= 11 is 0. The number of aliphatic hydroxyl groups excluding tert-OH is 1. The minimum absolute atomic E-state index is 0.0501. The predicted molar refractivity (Wildman–Crippen MR) is 110 cm³/mol. The molecule has 2 aromatic rings. The molecule has 1 aliphatic heterocycles. The number of rotatable bonds is 7. The number of amides is 2. The molecule has 1 aliphatic carbocycles. The van der Waals surface area contributed by atoms with Gasteiger partial charge in [0, 0.05) is 12.6 Å². The number of nitrogens with zero attached hydrogens (tertiary/aromatic N) is 1. The van der Waals surface area contributed by atoms with E-state index in [0.29, 0.717) is 12.3 Å². The molecule has 2 aliphatic rings. The Hall–Kier alpha value is -2.90. The summed E-state index contributed by atoms with van der Waals surface area (Å²) in [5, 5.41) is 12.2. The Morgan fingerprint density at radius 2 is 1.93 bits per heavy atom. The maximum atomic E-state index is 13.1. The second kappa shape index (κ2) is 8.85. The highest BCUT2D eigenvalue weighted by Gasteiger charge is 2.47. The zero-order valence-electron chi connectivity index (χ0n) is 16.9. The Balaban J connectivity index is 1.55. The lowest BCUT2D eigenvalue weighted by molar-refractivity contribution is -0.165. The predicted octanol–water partition coefficient (Wildman–Crippen LogP) is 1.93. The third-order valence-corrected chi connectivity index (χ3v) is 5.56. The van der Waals surface area contributed by atoms with E-state index < -0.39 is 12.1 Å². The van der Waals surface area contributed by atoms with Gasteiger partial charge in [-0.05, 0) is 41.7 Å². The highest BCUT2D eigenvalue weighted by atomic mass is 16.5. The summed E-state index contributed by atoms with van der Waals surface area (Å²) < 4.78 is 11.0. The molecule has 1 heterocycles. The third kappa shape index (κ3) is 4.32. The molecule has 30 heavy (non-hydrogen) atoms. The number of hydrogen-bond acceptors (Lipinski definition) is 5. The molecular weight excluding hydrogens is 384 g/mol. The van der Waals surface area contributed by atoms with E-state index in [1.54, 1.807) is 7.11 Å². The van der Waals surface area contributed by atoms with Crippen molar-refractivity contribution in [3.63, 3.8) is 0 Å². The molecule has 2 aromatic carbocycles. The lowest BCUT2D eigenvalue weighted by atomic mass is 9.96. The topological polar surface area (TPSA) is 88.1 Å². The van der Waals surface area contributed by atoms with Crippen molar-refractivity contribution >= 4 is 11.8 Å². The molecule has 0 bridgehead atoms. The van der Waals surface area contributed by atoms with Gasteiger partial charge >= 0.3 is 0 Å². The number of methoxy groups -OCH3 is 1. The quantitative estimate of drug-likeness (QED) is 0.728. The first-order chi connectivity index (χ1) is 14.6. The van der Waals surface area contributed by atoms with Crippen LogP contribution >= 0.6 is 0 Å². The van der Waals surface area contributed by atoms with Gasteiger partial charge in [-0.2, -0.15) is 0 Å². The van der Waals surface area contributed by atoms with Gasteiger partial charge in [0.1, 0.15) is 12.4 Å². The number of carbonyl (C=O) groups excluding carboxylic acids is 2. The molecule has 2 amide bonds. The van der Waals surface area contributed by atoms with Crippen LogP contribution in [0.25, 0.3) is 0 Å². The van der Waals surface area contributed by atoms with E-state index in [0.717, 1.165) is 29.5 Å². The fraction of sp³-hybridized carbons (Fsp3) is 0.391. The van der Waals surface area contributed by atoms with E-state index in [9.17, 15) is 14.7 Å². The second-order valence-corrected chi connectivity index (χ2v) is 7.68. The van der Waals surface area contributed by atoms with Crippen molar-refractivity contribution in [1.82, 2.24) is 10.2 Å². The average Bonchev–Trinajstić information content (AvgIpc) is 3.62. The van der Waals surface area contributed by atoms with Crippen molar-refractivity contribution in [3.05, 3.63) is 65.2 Å². The van der Waals surface area contributed by atoms with Gasteiger partial charge in [-0.1, -0.05) is 36.4 Å². The van der Waals surface area contributed by atoms with Crippen LogP contribution in [0.3, 0.4) is 0 Å². The Labute approximate surface area is 175 Å². The molecule has 7 heteroatoms. The number of morpholine rings is 1. The number of ether oxygens (including phenoxy) is 2. The van der Waals surface area contributed by atoms with Gasteiger partial charge in [0.05, 0.1) is 19.8 Å². The molecular formula is C23H26N2O5. The van der Waals surface area contributed by atoms with E-state index in [2.05, 4.69) is 5.32 Å². The number of hydrogen-bond donors (Lipinski definition) is 2. The number of benzene rings is 2. The van der Waals surface area contributed by atoms with Crippen LogP contribution in [0.2, 0.25) is 0 Å². The monoisotopic (exact) mass is 410 g/mol. The molecule has 1 saturated carbocycles. The summed E-state index contributed by atoms with van der Waals surface area (Å²) in [6.45, 7) is 0.173. The summed E-state index contributed by atoms with van der Waals surface area (Å²) in [5.41, 5.74) is 2.53. The van der Waals surface area contributed by atoms with Crippen LogP contribution in [0.4, 0.5) is 0 Å². The van der Waals surface area contributed by atoms with E-state index in [-0.39, 0.29) is 31.1 Å². The van der Waals surface area contributed by atoms with E-state index in [1.807, 2.05) is 53.4 Å². The SMILES string of the molecule is COc1ccc([C@@H]2[C@@H](C(=O)NCc3cccc(CO)c3)OCC(=O)N2C2CC2)cc1. The standard InChI is InChI=1S/C23H26N2O5/c1-29-19-9-5-17(6-10-19)21-22(30-14-20(27)25(21)18-7-8-18)23(28)24-12-15-3-2-4-16(11-15)13-26/h2-6,9-11,18,21-22,26H,7-8,12-14H2,1H3,(H,24,28)/t21-,22+/m1/s1. The number of carbonyl (C=O) groups is 2. The Kier molecular flexibility index (Phi) is 6.01. The largest absolute Gasteiger partial charge is 0.497 e. The lowest BCUT2D eigenvalue weighted by Gasteiger charge is -2.40. The molecule has 0 radical (unpaired) electrons. The van der Waals surface area contributed by atoms with E-state index >= 15 is 0 Å². The summed E-state index contributed by atoms with van der Waals surface area (Å²) in [6.07, 6.45) is 1.10. The van der Waals surface area contributed by atoms with Gasteiger partial charge in [-0.25, -0.2) is 0 Å². The van der Waals surface area contributed by atoms with Crippen molar-refractivity contribution in [3.8, 4) is 5.75 Å². The minimum atomic E-state index is -0.794. The van der Waals surface area contributed by atoms with Gasteiger partial charge in [0.2, 0.25) is 5.91 Å². The Morgan fingerprint density at radius 1 is 1.20 bits per heavy atom. The fourth-order valence-corrected chi connectivity index (χ4v) is 3.89. The summed E-state index contributed by atoms with van der Waals surface area (Å²) in [4.78, 5) is 27.5. The van der Waals surface area contributed by atoms with Crippen molar-refractivity contribution in [2.24, 2.45) is 0 Å². The fourth-order valence-electron chi connectivity index (χ4n) is 3.89. The molecule has 2 fully saturated rings. The van der Waals surface area contributed by atoms with Crippen LogP contribution in [0.5, 0.6) is 5.75 Å². The van der Waals surface area contributed by atoms with Crippen LogP contribution < -0.4 is 10.1 Å². The molecule has 0 aromatic heterocycles. The molecule has 1 saturated heterocycles. The van der Waals surface area contributed by atoms with Gasteiger partial charge in [-0.3, -0.25) is 9.59 Å². The number of aliphatic hydroxyl groups is 1. The second-order valence-electron chi connectivity index (χ2n) is 7.68. The van der Waals surface area contributed by atoms with Gasteiger partial charge in [-0.15, -0.1) is 0 Å².